The molecule has 1 atom stereocenters. The standard InChI is InChI=1S/C16H16F6O3/c1-3-24-14(23)6-4-5-10(2)25-13-8-11(15(17,18)19)7-12(9-13)16(20,21)22/h4-5,7-10H,3,6H2,1-2H3/t10-/m0/s1. The van der Waals surface area contributed by atoms with E-state index in [9.17, 15) is 31.1 Å². The molecule has 0 aliphatic carbocycles. The molecule has 0 spiro atoms. The van der Waals surface area contributed by atoms with E-state index in [0.717, 1.165) is 0 Å². The molecular weight excluding hydrogens is 354 g/mol. The Hall–Kier alpha value is -2.19. The minimum atomic E-state index is -4.94. The van der Waals surface area contributed by atoms with Gasteiger partial charge >= 0.3 is 18.3 Å². The molecule has 0 aliphatic rings. The lowest BCUT2D eigenvalue weighted by atomic mass is 10.1. The first-order valence-corrected chi connectivity index (χ1v) is 7.22. The van der Waals surface area contributed by atoms with E-state index in [1.807, 2.05) is 0 Å². The van der Waals surface area contributed by atoms with Gasteiger partial charge in [0.1, 0.15) is 11.9 Å². The van der Waals surface area contributed by atoms with Crippen molar-refractivity contribution in [1.29, 1.82) is 0 Å². The highest BCUT2D eigenvalue weighted by Gasteiger charge is 2.37. The third kappa shape index (κ3) is 7.06. The molecule has 0 unspecified atom stereocenters. The molecule has 3 nitrogen and oxygen atoms in total. The molecule has 1 rings (SSSR count). The fourth-order valence-electron chi connectivity index (χ4n) is 1.82. The van der Waals surface area contributed by atoms with Crippen LogP contribution in [0, 0.1) is 0 Å². The maximum absolute atomic E-state index is 12.7. The minimum absolute atomic E-state index is 0.0219. The van der Waals surface area contributed by atoms with Crippen molar-refractivity contribution < 1.29 is 40.6 Å². The zero-order valence-corrected chi connectivity index (χ0v) is 13.4. The van der Waals surface area contributed by atoms with Crippen molar-refractivity contribution in [2.75, 3.05) is 6.61 Å². The largest absolute Gasteiger partial charge is 0.487 e. The molecule has 0 saturated carbocycles. The number of hydrogen-bond acceptors (Lipinski definition) is 3. The highest BCUT2D eigenvalue weighted by atomic mass is 19.4. The fourth-order valence-corrected chi connectivity index (χ4v) is 1.82. The van der Waals surface area contributed by atoms with Crippen LogP contribution in [0.4, 0.5) is 26.3 Å². The van der Waals surface area contributed by atoms with Crippen LogP contribution in [0.1, 0.15) is 31.4 Å². The summed E-state index contributed by atoms with van der Waals surface area (Å²) in [6.07, 6.45) is -8.12. The maximum Gasteiger partial charge on any atom is 0.416 e. The second-order valence-corrected chi connectivity index (χ2v) is 5.00. The Morgan fingerprint density at radius 1 is 1.08 bits per heavy atom. The predicted octanol–water partition coefficient (Wildman–Crippen LogP) is 5.00. The van der Waals surface area contributed by atoms with Crippen LogP contribution in [0.5, 0.6) is 5.75 Å². The van der Waals surface area contributed by atoms with E-state index in [1.165, 1.54) is 19.1 Å². The Bertz CT molecular complexity index is 587. The Morgan fingerprint density at radius 2 is 1.60 bits per heavy atom. The van der Waals surface area contributed by atoms with Crippen LogP contribution in [0.25, 0.3) is 0 Å². The molecule has 1 aromatic carbocycles. The summed E-state index contributed by atoms with van der Waals surface area (Å²) in [5, 5.41) is 0. The van der Waals surface area contributed by atoms with Crippen molar-refractivity contribution in [3.05, 3.63) is 41.5 Å². The Kier molecular flexibility index (Phi) is 6.89. The van der Waals surface area contributed by atoms with Crippen LogP contribution >= 0.6 is 0 Å². The monoisotopic (exact) mass is 370 g/mol. The van der Waals surface area contributed by atoms with E-state index in [4.69, 9.17) is 4.74 Å². The Balaban J connectivity index is 2.93. The zero-order valence-electron chi connectivity index (χ0n) is 13.4. The molecule has 0 bridgehead atoms. The number of benzene rings is 1. The smallest absolute Gasteiger partial charge is 0.416 e. The van der Waals surface area contributed by atoms with Crippen LogP contribution in [-0.4, -0.2) is 18.7 Å². The quantitative estimate of drug-likeness (QED) is 0.402. The third-order valence-corrected chi connectivity index (χ3v) is 2.88. The van der Waals surface area contributed by atoms with E-state index < -0.39 is 41.3 Å². The van der Waals surface area contributed by atoms with E-state index in [0.29, 0.717) is 12.1 Å². The van der Waals surface area contributed by atoms with E-state index in [2.05, 4.69) is 4.74 Å². The number of carbonyl (C=O) groups is 1. The first kappa shape index (κ1) is 20.9. The van der Waals surface area contributed by atoms with Crippen LogP contribution in [0.2, 0.25) is 0 Å². The van der Waals surface area contributed by atoms with E-state index in [-0.39, 0.29) is 19.1 Å². The number of carbonyl (C=O) groups excluding carboxylic acids is 1. The third-order valence-electron chi connectivity index (χ3n) is 2.88. The second kappa shape index (κ2) is 8.26. The average molecular weight is 370 g/mol. The predicted molar refractivity (Wildman–Crippen MR) is 76.9 cm³/mol. The fraction of sp³-hybridized carbons (Fsp3) is 0.438. The normalized spacial score (nSPS) is 13.8. The Labute approximate surface area is 140 Å². The molecule has 0 aliphatic heterocycles. The van der Waals surface area contributed by atoms with Crippen molar-refractivity contribution in [3.8, 4) is 5.75 Å². The molecule has 25 heavy (non-hydrogen) atoms. The number of halogens is 6. The van der Waals surface area contributed by atoms with Crippen molar-refractivity contribution in [2.45, 2.75) is 38.7 Å². The van der Waals surface area contributed by atoms with Crippen molar-refractivity contribution >= 4 is 5.97 Å². The molecule has 0 radical (unpaired) electrons. The average Bonchev–Trinajstić information content (AvgIpc) is 2.45. The minimum Gasteiger partial charge on any atom is -0.487 e. The summed E-state index contributed by atoms with van der Waals surface area (Å²) in [6, 6.07) is 1.00. The molecule has 1 aromatic rings. The summed E-state index contributed by atoms with van der Waals surface area (Å²) in [4.78, 5) is 11.1. The molecular formula is C16H16F6O3. The lowest BCUT2D eigenvalue weighted by Crippen LogP contribution is -2.14. The van der Waals surface area contributed by atoms with Crippen LogP contribution < -0.4 is 4.74 Å². The summed E-state index contributed by atoms with van der Waals surface area (Å²) in [5.41, 5.74) is -2.92. The van der Waals surface area contributed by atoms with Gasteiger partial charge in [-0.05, 0) is 38.1 Å². The van der Waals surface area contributed by atoms with Crippen LogP contribution in [-0.2, 0) is 21.9 Å². The number of alkyl halides is 6. The van der Waals surface area contributed by atoms with Gasteiger partial charge in [0, 0.05) is 0 Å². The van der Waals surface area contributed by atoms with Crippen molar-refractivity contribution in [3.63, 3.8) is 0 Å². The van der Waals surface area contributed by atoms with Crippen molar-refractivity contribution in [2.24, 2.45) is 0 Å². The van der Waals surface area contributed by atoms with Gasteiger partial charge in [-0.3, -0.25) is 4.79 Å². The van der Waals surface area contributed by atoms with Gasteiger partial charge in [0.15, 0.2) is 0 Å². The second-order valence-electron chi connectivity index (χ2n) is 5.00. The molecule has 0 N–H and O–H groups in total. The van der Waals surface area contributed by atoms with Crippen molar-refractivity contribution in [1.82, 2.24) is 0 Å². The van der Waals surface area contributed by atoms with Gasteiger partial charge in [0.25, 0.3) is 0 Å². The van der Waals surface area contributed by atoms with Gasteiger partial charge in [-0.2, -0.15) is 26.3 Å². The van der Waals surface area contributed by atoms with Gasteiger partial charge in [-0.1, -0.05) is 6.08 Å². The number of hydrogen-bond donors (Lipinski definition) is 0. The van der Waals surface area contributed by atoms with E-state index in [1.54, 1.807) is 6.92 Å². The number of rotatable bonds is 6. The lowest BCUT2D eigenvalue weighted by molar-refractivity contribution is -0.144. The van der Waals surface area contributed by atoms with Gasteiger partial charge in [-0.15, -0.1) is 0 Å². The summed E-state index contributed by atoms with van der Waals surface area (Å²) in [7, 11) is 0. The summed E-state index contributed by atoms with van der Waals surface area (Å²) in [6.45, 7) is 3.23. The first-order valence-electron chi connectivity index (χ1n) is 7.22. The number of ether oxygens (including phenoxy) is 2. The van der Waals surface area contributed by atoms with Gasteiger partial charge in [-0.25, -0.2) is 0 Å². The topological polar surface area (TPSA) is 35.5 Å². The van der Waals surface area contributed by atoms with E-state index >= 15 is 0 Å². The molecule has 0 aromatic heterocycles. The summed E-state index contributed by atoms with van der Waals surface area (Å²) < 4.78 is 86.3. The summed E-state index contributed by atoms with van der Waals surface area (Å²) in [5.74, 6) is -1.08. The number of esters is 1. The maximum atomic E-state index is 12.7. The molecule has 9 heteroatoms. The molecule has 140 valence electrons. The van der Waals surface area contributed by atoms with Gasteiger partial charge in [0.2, 0.25) is 0 Å². The molecule has 0 amide bonds. The zero-order chi connectivity index (χ0) is 19.3. The highest BCUT2D eigenvalue weighted by Crippen LogP contribution is 2.38. The lowest BCUT2D eigenvalue weighted by Gasteiger charge is -2.16. The molecule has 0 heterocycles. The highest BCUT2D eigenvalue weighted by molar-refractivity contribution is 5.71. The SMILES string of the molecule is CCOC(=O)CC=C[C@H](C)Oc1cc(C(F)(F)F)cc(C(F)(F)F)c1. The molecule has 0 saturated heterocycles. The first-order chi connectivity index (χ1) is 11.4. The van der Waals surface area contributed by atoms with Gasteiger partial charge < -0.3 is 9.47 Å². The molecule has 0 fully saturated rings. The van der Waals surface area contributed by atoms with Gasteiger partial charge in [0.05, 0.1) is 24.2 Å². The van der Waals surface area contributed by atoms with Crippen LogP contribution in [0.15, 0.2) is 30.4 Å². The van der Waals surface area contributed by atoms with Crippen LogP contribution in [0.3, 0.4) is 0 Å². The summed E-state index contributed by atoms with van der Waals surface area (Å²) >= 11 is 0. The Morgan fingerprint density at radius 3 is 2.04 bits per heavy atom.